The molecule has 0 saturated carbocycles. The SMILES string of the molecule is Cc1nc(C(C)(C)NC(=O)c2ccc(S(=O)(=O)Nc3ccccc3)cc2)no1. The summed E-state index contributed by atoms with van der Waals surface area (Å²) in [6, 6.07) is 14.2. The van der Waals surface area contributed by atoms with Crippen molar-refractivity contribution in [1.29, 1.82) is 0 Å². The maximum absolute atomic E-state index is 12.5. The van der Waals surface area contributed by atoms with E-state index < -0.39 is 15.6 Å². The lowest BCUT2D eigenvalue weighted by molar-refractivity contribution is 0.0907. The van der Waals surface area contributed by atoms with Crippen LogP contribution in [0.4, 0.5) is 5.69 Å². The number of aryl methyl sites for hydroxylation is 1. The number of carbonyl (C=O) groups excluding carboxylic acids is 1. The molecular weight excluding hydrogens is 380 g/mol. The van der Waals surface area contributed by atoms with Crippen molar-refractivity contribution in [2.24, 2.45) is 0 Å². The third-order valence-electron chi connectivity index (χ3n) is 3.97. The lowest BCUT2D eigenvalue weighted by Crippen LogP contribution is -2.41. The lowest BCUT2D eigenvalue weighted by atomic mass is 10.0. The molecule has 0 unspecified atom stereocenters. The van der Waals surface area contributed by atoms with E-state index in [4.69, 9.17) is 4.52 Å². The number of aromatic nitrogens is 2. The third-order valence-corrected chi connectivity index (χ3v) is 5.36. The van der Waals surface area contributed by atoms with Gasteiger partial charge in [-0.25, -0.2) is 8.42 Å². The molecule has 1 heterocycles. The van der Waals surface area contributed by atoms with Crippen molar-refractivity contribution in [1.82, 2.24) is 15.5 Å². The second-order valence-electron chi connectivity index (χ2n) is 6.71. The molecule has 1 aromatic heterocycles. The van der Waals surface area contributed by atoms with Gasteiger partial charge in [0.15, 0.2) is 5.82 Å². The average molecular weight is 400 g/mol. The van der Waals surface area contributed by atoms with Crippen molar-refractivity contribution in [3.63, 3.8) is 0 Å². The third kappa shape index (κ3) is 4.37. The lowest BCUT2D eigenvalue weighted by Gasteiger charge is -2.22. The van der Waals surface area contributed by atoms with Crippen molar-refractivity contribution in [2.45, 2.75) is 31.2 Å². The van der Waals surface area contributed by atoms with Crippen molar-refractivity contribution in [2.75, 3.05) is 4.72 Å². The topological polar surface area (TPSA) is 114 Å². The van der Waals surface area contributed by atoms with Gasteiger partial charge in [-0.05, 0) is 50.2 Å². The van der Waals surface area contributed by atoms with E-state index in [9.17, 15) is 13.2 Å². The summed E-state index contributed by atoms with van der Waals surface area (Å²) < 4.78 is 32.4. The van der Waals surface area contributed by atoms with Gasteiger partial charge >= 0.3 is 0 Å². The minimum atomic E-state index is -3.75. The van der Waals surface area contributed by atoms with E-state index in [2.05, 4.69) is 20.2 Å². The molecule has 9 heteroatoms. The minimum absolute atomic E-state index is 0.0564. The van der Waals surface area contributed by atoms with Gasteiger partial charge in [0, 0.05) is 18.2 Å². The van der Waals surface area contributed by atoms with Gasteiger partial charge < -0.3 is 9.84 Å². The van der Waals surface area contributed by atoms with E-state index in [-0.39, 0.29) is 10.8 Å². The Hall–Kier alpha value is -3.20. The Labute approximate surface area is 163 Å². The number of anilines is 1. The van der Waals surface area contributed by atoms with Crippen LogP contribution in [-0.2, 0) is 15.6 Å². The van der Waals surface area contributed by atoms with Crippen molar-refractivity contribution < 1.29 is 17.7 Å². The smallest absolute Gasteiger partial charge is 0.261 e. The fraction of sp³-hybridized carbons (Fsp3) is 0.211. The van der Waals surface area contributed by atoms with Gasteiger partial charge in [-0.2, -0.15) is 4.98 Å². The fourth-order valence-corrected chi connectivity index (χ4v) is 3.53. The second kappa shape index (κ2) is 7.43. The van der Waals surface area contributed by atoms with Gasteiger partial charge in [0.05, 0.1) is 10.4 Å². The summed E-state index contributed by atoms with van der Waals surface area (Å²) in [6.07, 6.45) is 0. The van der Waals surface area contributed by atoms with E-state index in [0.717, 1.165) is 0 Å². The van der Waals surface area contributed by atoms with Crippen LogP contribution < -0.4 is 10.0 Å². The second-order valence-corrected chi connectivity index (χ2v) is 8.39. The quantitative estimate of drug-likeness (QED) is 0.658. The molecule has 3 aromatic rings. The van der Waals surface area contributed by atoms with Gasteiger partial charge in [-0.1, -0.05) is 23.4 Å². The Morgan fingerprint density at radius 2 is 1.68 bits per heavy atom. The van der Waals surface area contributed by atoms with Crippen molar-refractivity contribution in [3.05, 3.63) is 71.9 Å². The van der Waals surface area contributed by atoms with Crippen LogP contribution >= 0.6 is 0 Å². The summed E-state index contributed by atoms with van der Waals surface area (Å²) in [7, 11) is -3.75. The number of sulfonamides is 1. The van der Waals surface area contributed by atoms with Crippen LogP contribution in [0.3, 0.4) is 0 Å². The molecule has 3 rings (SSSR count). The monoisotopic (exact) mass is 400 g/mol. The van der Waals surface area contributed by atoms with Crippen LogP contribution in [0.2, 0.25) is 0 Å². The molecule has 146 valence electrons. The zero-order valence-corrected chi connectivity index (χ0v) is 16.4. The van der Waals surface area contributed by atoms with Crippen LogP contribution in [0.5, 0.6) is 0 Å². The predicted molar refractivity (Wildman–Crippen MR) is 103 cm³/mol. The number of nitrogens with one attached hydrogen (secondary N) is 2. The highest BCUT2D eigenvalue weighted by molar-refractivity contribution is 7.92. The van der Waals surface area contributed by atoms with E-state index in [1.165, 1.54) is 24.3 Å². The number of hydrogen-bond donors (Lipinski definition) is 2. The van der Waals surface area contributed by atoms with Gasteiger partial charge in [0.1, 0.15) is 0 Å². The average Bonchev–Trinajstić information content (AvgIpc) is 3.09. The largest absolute Gasteiger partial charge is 0.340 e. The Morgan fingerprint density at radius 3 is 2.25 bits per heavy atom. The molecule has 28 heavy (non-hydrogen) atoms. The number of hydrogen-bond acceptors (Lipinski definition) is 6. The molecule has 8 nitrogen and oxygen atoms in total. The van der Waals surface area contributed by atoms with Gasteiger partial charge in [0.25, 0.3) is 15.9 Å². The molecular formula is C19H20N4O4S. The molecule has 0 aliphatic carbocycles. The van der Waals surface area contributed by atoms with E-state index in [0.29, 0.717) is 23.0 Å². The first-order valence-corrected chi connectivity index (χ1v) is 9.97. The first-order chi connectivity index (χ1) is 13.2. The van der Waals surface area contributed by atoms with E-state index in [1.807, 2.05) is 0 Å². The first kappa shape index (κ1) is 19.6. The van der Waals surface area contributed by atoms with Gasteiger partial charge in [-0.3, -0.25) is 9.52 Å². The molecule has 2 N–H and O–H groups in total. The molecule has 0 aliphatic rings. The number of amides is 1. The maximum atomic E-state index is 12.5. The number of nitrogens with zero attached hydrogens (tertiary/aromatic N) is 2. The summed E-state index contributed by atoms with van der Waals surface area (Å²) >= 11 is 0. The van der Waals surface area contributed by atoms with Crippen molar-refractivity contribution in [3.8, 4) is 0 Å². The Balaban J connectivity index is 1.74. The van der Waals surface area contributed by atoms with Crippen LogP contribution in [0, 0.1) is 6.92 Å². The molecule has 0 radical (unpaired) electrons. The summed E-state index contributed by atoms with van der Waals surface area (Å²) in [5.74, 6) is 0.370. The molecule has 0 spiro atoms. The molecule has 0 bridgehead atoms. The van der Waals surface area contributed by atoms with Gasteiger partial charge in [-0.15, -0.1) is 0 Å². The normalized spacial score (nSPS) is 11.8. The minimum Gasteiger partial charge on any atom is -0.340 e. The predicted octanol–water partition coefficient (Wildman–Crippen LogP) is 2.84. The standard InChI is InChI=1S/C19H20N4O4S/c1-13-20-18(22-27-13)19(2,3)21-17(24)14-9-11-16(12-10-14)28(25,26)23-15-7-5-4-6-8-15/h4-12,23H,1-3H3,(H,21,24). The first-order valence-electron chi connectivity index (χ1n) is 8.49. The van der Waals surface area contributed by atoms with Gasteiger partial charge in [0.2, 0.25) is 5.89 Å². The molecule has 1 amide bonds. The highest BCUT2D eigenvalue weighted by Gasteiger charge is 2.28. The van der Waals surface area contributed by atoms with E-state index in [1.54, 1.807) is 51.1 Å². The van der Waals surface area contributed by atoms with Crippen LogP contribution in [0.15, 0.2) is 64.0 Å². The summed E-state index contributed by atoms with van der Waals surface area (Å²) in [6.45, 7) is 5.16. The Bertz CT molecular complexity index is 1070. The number of benzene rings is 2. The number of carbonyl (C=O) groups is 1. The van der Waals surface area contributed by atoms with Crippen molar-refractivity contribution >= 4 is 21.6 Å². The molecule has 2 aromatic carbocycles. The van der Waals surface area contributed by atoms with E-state index >= 15 is 0 Å². The highest BCUT2D eigenvalue weighted by atomic mass is 32.2. The summed E-state index contributed by atoms with van der Waals surface area (Å²) in [5, 5.41) is 6.64. The molecule has 0 fully saturated rings. The van der Waals surface area contributed by atoms with Crippen LogP contribution in [-0.4, -0.2) is 24.5 Å². The molecule has 0 atom stereocenters. The Morgan fingerprint density at radius 1 is 1.04 bits per heavy atom. The molecule has 0 saturated heterocycles. The highest BCUT2D eigenvalue weighted by Crippen LogP contribution is 2.19. The van der Waals surface area contributed by atoms with Crippen LogP contribution in [0.25, 0.3) is 0 Å². The maximum Gasteiger partial charge on any atom is 0.261 e. The zero-order valence-electron chi connectivity index (χ0n) is 15.6. The number of para-hydroxylation sites is 1. The van der Waals surface area contributed by atoms with Crippen LogP contribution in [0.1, 0.15) is 35.9 Å². The summed E-state index contributed by atoms with van der Waals surface area (Å²) in [4.78, 5) is 16.7. The Kier molecular flexibility index (Phi) is 5.19. The number of rotatable bonds is 6. The zero-order chi connectivity index (χ0) is 20.4. The fourth-order valence-electron chi connectivity index (χ4n) is 2.47. The summed E-state index contributed by atoms with van der Waals surface area (Å²) in [5.41, 5.74) is -0.0810. The molecule has 0 aliphatic heterocycles.